The molecule has 0 radical (unpaired) electrons. The molecule has 1 aliphatic rings. The summed E-state index contributed by atoms with van der Waals surface area (Å²) in [6.07, 6.45) is 4.02. The third-order valence-electron chi connectivity index (χ3n) is 5.40. The third kappa shape index (κ3) is 4.77. The minimum atomic E-state index is -2.58. The molecule has 8 nitrogen and oxygen atoms in total. The van der Waals surface area contributed by atoms with Crippen LogP contribution >= 0.6 is 0 Å². The Hall–Kier alpha value is -2.80. The number of aliphatic carboxylic acids is 1. The van der Waals surface area contributed by atoms with Crippen LogP contribution in [0.15, 0.2) is 29.4 Å². The van der Waals surface area contributed by atoms with Gasteiger partial charge >= 0.3 is 5.97 Å². The molecule has 0 saturated carbocycles. The van der Waals surface area contributed by atoms with Crippen molar-refractivity contribution in [3.63, 3.8) is 0 Å². The second-order valence-electron chi connectivity index (χ2n) is 8.75. The predicted molar refractivity (Wildman–Crippen MR) is 122 cm³/mol. The molecule has 0 spiro atoms. The van der Waals surface area contributed by atoms with E-state index in [4.69, 9.17) is 11.6 Å². The summed E-state index contributed by atoms with van der Waals surface area (Å²) in [5.74, 6) is 5.56. The first-order valence-electron chi connectivity index (χ1n) is 10.2. The van der Waals surface area contributed by atoms with Crippen molar-refractivity contribution in [2.45, 2.75) is 50.0 Å². The molecule has 1 saturated heterocycles. The van der Waals surface area contributed by atoms with E-state index < -0.39 is 30.9 Å². The van der Waals surface area contributed by atoms with Crippen LogP contribution in [0.25, 0.3) is 0 Å². The van der Waals surface area contributed by atoms with Gasteiger partial charge in [0, 0.05) is 0 Å². The lowest BCUT2D eigenvalue weighted by molar-refractivity contribution is -0.157. The van der Waals surface area contributed by atoms with Gasteiger partial charge < -0.3 is 16.7 Å². The van der Waals surface area contributed by atoms with Crippen LogP contribution in [0, 0.1) is 11.5 Å². The lowest BCUT2D eigenvalue weighted by Crippen LogP contribution is -2.74. The normalized spacial score (nSPS) is 19.0. The second kappa shape index (κ2) is 9.56. The molecule has 1 aromatic carbocycles. The van der Waals surface area contributed by atoms with Crippen LogP contribution in [0.5, 0.6) is 0 Å². The molecule has 9 heteroatoms. The molecule has 1 aromatic rings. The Kier molecular flexibility index (Phi) is 7.54. The van der Waals surface area contributed by atoms with Gasteiger partial charge in [0.25, 0.3) is 0 Å². The average molecular weight is 443 g/mol. The molecular weight excluding hydrogens is 412 g/mol. The first-order chi connectivity index (χ1) is 14.5. The number of carboxylic acid groups (broad SMARTS) is 1. The molecule has 166 valence electrons. The Morgan fingerprint density at radius 2 is 1.74 bits per heavy atom. The van der Waals surface area contributed by atoms with Crippen LogP contribution in [0.3, 0.4) is 0 Å². The minimum absolute atomic E-state index is 0.0154. The number of aldehydes is 1. The summed E-state index contributed by atoms with van der Waals surface area (Å²) >= 11 is 0. The number of nitrogens with zero attached hydrogens (tertiary/aromatic N) is 2. The SMILES string of the molecule is C[Si](C)(C)C#CC(c1ccc(C=NN)cc1)(N1CCCCC1)C(N)(C(=O)O)C(=O)C=O. The van der Waals surface area contributed by atoms with Crippen molar-refractivity contribution in [3.8, 4) is 11.5 Å². The highest BCUT2D eigenvalue weighted by molar-refractivity contribution is 6.83. The number of nitrogens with two attached hydrogens (primary N) is 2. The maximum atomic E-state index is 12.8. The van der Waals surface area contributed by atoms with Crippen molar-refractivity contribution in [1.82, 2.24) is 4.90 Å². The van der Waals surface area contributed by atoms with Crippen molar-refractivity contribution < 1.29 is 19.5 Å². The lowest BCUT2D eigenvalue weighted by Gasteiger charge is -2.49. The second-order valence-corrected chi connectivity index (χ2v) is 13.5. The summed E-state index contributed by atoms with van der Waals surface area (Å²) in [5, 5.41) is 13.7. The van der Waals surface area contributed by atoms with Gasteiger partial charge in [-0.3, -0.25) is 14.5 Å². The fourth-order valence-corrected chi connectivity index (χ4v) is 4.40. The molecule has 2 atom stereocenters. The number of rotatable bonds is 7. The summed E-state index contributed by atoms with van der Waals surface area (Å²) in [5.41, 5.74) is 6.47. The maximum absolute atomic E-state index is 12.8. The topological polar surface area (TPSA) is 139 Å². The Morgan fingerprint density at radius 1 is 1.16 bits per heavy atom. The van der Waals surface area contributed by atoms with Crippen LogP contribution in [-0.2, 0) is 19.9 Å². The number of likely N-dealkylation sites (tertiary alicyclic amines) is 1. The number of Topliss-reactive ketones (excluding diaryl/α,β-unsaturated/α-hetero) is 1. The zero-order valence-electron chi connectivity index (χ0n) is 18.2. The Morgan fingerprint density at radius 3 is 2.19 bits per heavy atom. The van der Waals surface area contributed by atoms with Gasteiger partial charge in [-0.15, -0.1) is 5.54 Å². The highest BCUT2D eigenvalue weighted by Crippen LogP contribution is 2.40. The standard InChI is InChI=1S/C22H30N4O4Si/c1-31(2,3)14-11-21(26-12-5-4-6-13-26,22(23,20(29)30)19(28)16-27)18-9-7-17(8-10-18)15-25-24/h7-10,15-16H,4-6,12-13,23-24H2,1-3H3,(H,29,30). The zero-order chi connectivity index (χ0) is 23.3. The molecular formula is C22H30N4O4Si. The van der Waals surface area contributed by atoms with Gasteiger partial charge in [0.05, 0.1) is 6.21 Å². The zero-order valence-corrected chi connectivity index (χ0v) is 19.2. The molecule has 1 fully saturated rings. The van der Waals surface area contributed by atoms with Crippen LogP contribution in [0.2, 0.25) is 19.6 Å². The smallest absolute Gasteiger partial charge is 0.335 e. The van der Waals surface area contributed by atoms with Crippen molar-refractivity contribution in [1.29, 1.82) is 0 Å². The van der Waals surface area contributed by atoms with Crippen LogP contribution in [0.1, 0.15) is 30.4 Å². The minimum Gasteiger partial charge on any atom is -0.479 e. The van der Waals surface area contributed by atoms with E-state index in [1.165, 1.54) is 6.21 Å². The number of hydrazone groups is 1. The van der Waals surface area contributed by atoms with Crippen molar-refractivity contribution in [2.24, 2.45) is 16.7 Å². The first kappa shape index (κ1) is 24.5. The molecule has 2 unspecified atom stereocenters. The number of carbonyl (C=O) groups excluding carboxylic acids is 2. The summed E-state index contributed by atoms with van der Waals surface area (Å²) in [7, 11) is -2.02. The molecule has 31 heavy (non-hydrogen) atoms. The van der Waals surface area contributed by atoms with E-state index >= 15 is 0 Å². The Labute approximate surface area is 183 Å². The summed E-state index contributed by atoms with van der Waals surface area (Å²) in [4.78, 5) is 38.8. The number of carboxylic acids is 1. The number of benzene rings is 1. The lowest BCUT2D eigenvalue weighted by atomic mass is 9.68. The first-order valence-corrected chi connectivity index (χ1v) is 13.7. The van der Waals surface area contributed by atoms with Crippen LogP contribution in [-0.4, -0.2) is 61.0 Å². The molecule has 0 aromatic heterocycles. The predicted octanol–water partition coefficient (Wildman–Crippen LogP) is 1.09. The maximum Gasteiger partial charge on any atom is 0.335 e. The van der Waals surface area contributed by atoms with Gasteiger partial charge in [-0.1, -0.05) is 56.2 Å². The highest BCUT2D eigenvalue weighted by atomic mass is 28.3. The fourth-order valence-electron chi connectivity index (χ4n) is 3.84. The molecule has 0 amide bonds. The number of ketones is 1. The fraction of sp³-hybridized carbons (Fsp3) is 0.455. The monoisotopic (exact) mass is 442 g/mol. The summed E-state index contributed by atoms with van der Waals surface area (Å²) in [6.45, 7) is 7.06. The van der Waals surface area contributed by atoms with E-state index in [-0.39, 0.29) is 6.29 Å². The summed E-state index contributed by atoms with van der Waals surface area (Å²) < 4.78 is 0. The third-order valence-corrected chi connectivity index (χ3v) is 6.28. The van der Waals surface area contributed by atoms with Gasteiger partial charge in [0.2, 0.25) is 11.3 Å². The van der Waals surface area contributed by atoms with E-state index in [0.29, 0.717) is 24.2 Å². The van der Waals surface area contributed by atoms with E-state index in [1.807, 2.05) is 24.5 Å². The quantitative estimate of drug-likeness (QED) is 0.0839. The molecule has 5 N–H and O–H groups in total. The van der Waals surface area contributed by atoms with Crippen molar-refractivity contribution in [3.05, 3.63) is 35.4 Å². The van der Waals surface area contributed by atoms with E-state index in [2.05, 4.69) is 16.6 Å². The summed E-state index contributed by atoms with van der Waals surface area (Å²) in [6, 6.07) is 6.75. The average Bonchev–Trinajstić information content (AvgIpc) is 2.74. The van der Waals surface area contributed by atoms with Gasteiger partial charge in [-0.25, -0.2) is 4.79 Å². The van der Waals surface area contributed by atoms with Gasteiger partial charge in [-0.2, -0.15) is 5.10 Å². The molecule has 0 aliphatic carbocycles. The van der Waals surface area contributed by atoms with Crippen molar-refractivity contribution in [2.75, 3.05) is 13.1 Å². The van der Waals surface area contributed by atoms with Gasteiger partial charge in [-0.05, 0) is 37.1 Å². The molecule has 2 rings (SSSR count). The molecule has 1 aliphatic heterocycles. The Bertz CT molecular complexity index is 924. The molecule has 0 bridgehead atoms. The van der Waals surface area contributed by atoms with Crippen molar-refractivity contribution >= 4 is 32.3 Å². The van der Waals surface area contributed by atoms with Gasteiger partial charge in [0.15, 0.2) is 6.29 Å². The highest BCUT2D eigenvalue weighted by Gasteiger charge is 2.63. The number of carbonyl (C=O) groups is 3. The Balaban J connectivity index is 2.95. The number of piperidine rings is 1. The molecule has 1 heterocycles. The van der Waals surface area contributed by atoms with E-state index in [1.54, 1.807) is 24.3 Å². The van der Waals surface area contributed by atoms with Gasteiger partial charge in [0.1, 0.15) is 13.6 Å². The largest absolute Gasteiger partial charge is 0.479 e. The number of hydrogen-bond acceptors (Lipinski definition) is 7. The number of hydrogen-bond donors (Lipinski definition) is 3. The van der Waals surface area contributed by atoms with Crippen LogP contribution < -0.4 is 11.6 Å². The van der Waals surface area contributed by atoms with E-state index in [0.717, 1.165) is 19.3 Å². The van der Waals surface area contributed by atoms with E-state index in [9.17, 15) is 19.5 Å². The van der Waals surface area contributed by atoms with Crippen LogP contribution in [0.4, 0.5) is 0 Å².